The number of aryl methyl sites for hydroxylation is 1. The van der Waals surface area contributed by atoms with E-state index in [1.54, 1.807) is 0 Å². The average Bonchev–Trinajstić information content (AvgIpc) is 2.57. The smallest absolute Gasteiger partial charge is 0.0321 e. The summed E-state index contributed by atoms with van der Waals surface area (Å²) in [7, 11) is 0. The van der Waals surface area contributed by atoms with Gasteiger partial charge in [0.1, 0.15) is 0 Å². The van der Waals surface area contributed by atoms with Crippen LogP contribution in [0.2, 0.25) is 0 Å². The van der Waals surface area contributed by atoms with Crippen LogP contribution in [0, 0.1) is 24.7 Å². The summed E-state index contributed by atoms with van der Waals surface area (Å²) in [4.78, 5) is 0. The molecule has 22 heavy (non-hydrogen) atoms. The third-order valence-electron chi connectivity index (χ3n) is 4.24. The van der Waals surface area contributed by atoms with E-state index in [9.17, 15) is 0 Å². The molecule has 0 fully saturated rings. The quantitative estimate of drug-likeness (QED) is 0.452. The van der Waals surface area contributed by atoms with E-state index < -0.39 is 0 Å². The zero-order valence-electron chi connectivity index (χ0n) is 12.8. The highest BCUT2D eigenvalue weighted by molar-refractivity contribution is 6.06. The Morgan fingerprint density at radius 1 is 0.818 bits per heavy atom. The lowest BCUT2D eigenvalue weighted by Gasteiger charge is -2.13. The van der Waals surface area contributed by atoms with Gasteiger partial charge in [-0.3, -0.25) is 0 Å². The lowest BCUT2D eigenvalue weighted by molar-refractivity contribution is 0.802. The number of fused-ring (bicyclic) bond motifs is 2. The van der Waals surface area contributed by atoms with E-state index in [-0.39, 0.29) is 0 Å². The Morgan fingerprint density at radius 2 is 1.36 bits per heavy atom. The summed E-state index contributed by atoms with van der Waals surface area (Å²) in [5.41, 5.74) is 3.23. The van der Waals surface area contributed by atoms with Crippen molar-refractivity contribution in [2.45, 2.75) is 26.2 Å². The minimum atomic E-state index is 0.934. The molecule has 0 saturated heterocycles. The van der Waals surface area contributed by atoms with Crippen molar-refractivity contribution < 1.29 is 0 Å². The molecule has 0 unspecified atom stereocenters. The van der Waals surface area contributed by atoms with Crippen molar-refractivity contribution in [1.29, 1.82) is 0 Å². The lowest BCUT2D eigenvalue weighted by atomic mass is 9.90. The molecule has 0 saturated carbocycles. The van der Waals surface area contributed by atoms with Crippen LogP contribution >= 0.6 is 0 Å². The van der Waals surface area contributed by atoms with Gasteiger partial charge in [-0.05, 0) is 58.1 Å². The molecule has 0 spiro atoms. The predicted molar refractivity (Wildman–Crippen MR) is 95.9 cm³/mol. The maximum atomic E-state index is 5.69. The second kappa shape index (κ2) is 5.97. The molecule has 0 aliphatic heterocycles. The largest absolute Gasteiger partial charge is 0.115 e. The van der Waals surface area contributed by atoms with Crippen LogP contribution in [0.25, 0.3) is 21.5 Å². The first kappa shape index (κ1) is 14.2. The van der Waals surface area contributed by atoms with Crippen molar-refractivity contribution >= 4 is 21.5 Å². The third kappa shape index (κ3) is 2.24. The normalized spacial score (nSPS) is 10.5. The van der Waals surface area contributed by atoms with E-state index in [0.717, 1.165) is 34.7 Å². The molecule has 0 amide bonds. The zero-order valence-corrected chi connectivity index (χ0v) is 12.8. The second-order valence-electron chi connectivity index (χ2n) is 5.55. The van der Waals surface area contributed by atoms with Crippen LogP contribution in [0.5, 0.6) is 0 Å². The standard InChI is InChI=1S/C22H18/c1-4-7-12-18-19-13-8-10-16(5-2)21(19)15-22-17(6-3)11-9-14-20(18)22/h2-3,8-11,13-15H,4,7,12H2,1H3. The first-order chi connectivity index (χ1) is 10.8. The predicted octanol–water partition coefficient (Wildman–Crippen LogP) is 5.30. The zero-order chi connectivity index (χ0) is 15.5. The van der Waals surface area contributed by atoms with Crippen LogP contribution < -0.4 is 0 Å². The lowest BCUT2D eigenvalue weighted by Crippen LogP contribution is -1.93. The maximum absolute atomic E-state index is 5.69. The summed E-state index contributed by atoms with van der Waals surface area (Å²) in [6.07, 6.45) is 14.8. The summed E-state index contributed by atoms with van der Waals surface area (Å²) in [6, 6.07) is 14.6. The minimum absolute atomic E-state index is 0.934. The first-order valence-corrected chi connectivity index (χ1v) is 7.70. The Balaban J connectivity index is 2.48. The Bertz CT molecular complexity index is 858. The molecule has 3 rings (SSSR count). The fraction of sp³-hybridized carbons (Fsp3) is 0.182. The fourth-order valence-corrected chi connectivity index (χ4v) is 3.13. The number of hydrogen-bond acceptors (Lipinski definition) is 0. The molecule has 0 heterocycles. The van der Waals surface area contributed by atoms with Crippen LogP contribution in [0.1, 0.15) is 36.5 Å². The van der Waals surface area contributed by atoms with Crippen molar-refractivity contribution in [1.82, 2.24) is 0 Å². The summed E-state index contributed by atoms with van der Waals surface area (Å²) >= 11 is 0. The molecule has 0 N–H and O–H groups in total. The average molecular weight is 282 g/mol. The molecule has 0 nitrogen and oxygen atoms in total. The summed E-state index contributed by atoms with van der Waals surface area (Å²) in [6.45, 7) is 2.22. The van der Waals surface area contributed by atoms with E-state index >= 15 is 0 Å². The van der Waals surface area contributed by atoms with Crippen LogP contribution in [-0.2, 0) is 6.42 Å². The van der Waals surface area contributed by atoms with Crippen molar-refractivity contribution in [2.75, 3.05) is 0 Å². The van der Waals surface area contributed by atoms with E-state index in [1.165, 1.54) is 22.8 Å². The molecular weight excluding hydrogens is 264 g/mol. The van der Waals surface area contributed by atoms with Gasteiger partial charge in [0.25, 0.3) is 0 Å². The van der Waals surface area contributed by atoms with Gasteiger partial charge in [-0.2, -0.15) is 0 Å². The molecule has 0 aliphatic carbocycles. The van der Waals surface area contributed by atoms with Crippen LogP contribution in [0.3, 0.4) is 0 Å². The van der Waals surface area contributed by atoms with Gasteiger partial charge < -0.3 is 0 Å². The molecule has 3 aromatic carbocycles. The highest BCUT2D eigenvalue weighted by Gasteiger charge is 2.11. The van der Waals surface area contributed by atoms with Crippen molar-refractivity contribution in [3.63, 3.8) is 0 Å². The summed E-state index contributed by atoms with van der Waals surface area (Å²) in [5.74, 6) is 5.61. The number of hydrogen-bond donors (Lipinski definition) is 0. The van der Waals surface area contributed by atoms with Crippen LogP contribution in [-0.4, -0.2) is 0 Å². The van der Waals surface area contributed by atoms with Gasteiger partial charge in [-0.15, -0.1) is 12.8 Å². The Labute approximate surface area is 132 Å². The van der Waals surface area contributed by atoms with E-state index in [0.29, 0.717) is 0 Å². The van der Waals surface area contributed by atoms with Gasteiger partial charge in [-0.1, -0.05) is 49.5 Å². The van der Waals surface area contributed by atoms with Crippen LogP contribution in [0.15, 0.2) is 42.5 Å². The minimum Gasteiger partial charge on any atom is -0.115 e. The highest BCUT2D eigenvalue weighted by Crippen LogP contribution is 2.33. The molecule has 0 bridgehead atoms. The van der Waals surface area contributed by atoms with Crippen LogP contribution in [0.4, 0.5) is 0 Å². The summed E-state index contributed by atoms with van der Waals surface area (Å²) < 4.78 is 0. The molecular formula is C22H18. The van der Waals surface area contributed by atoms with Gasteiger partial charge in [0, 0.05) is 11.1 Å². The molecule has 0 radical (unpaired) electrons. The van der Waals surface area contributed by atoms with E-state index in [1.807, 2.05) is 24.3 Å². The highest BCUT2D eigenvalue weighted by atomic mass is 14.1. The molecule has 0 aliphatic rings. The third-order valence-corrected chi connectivity index (χ3v) is 4.24. The van der Waals surface area contributed by atoms with Crippen molar-refractivity contribution in [3.05, 3.63) is 59.2 Å². The fourth-order valence-electron chi connectivity index (χ4n) is 3.13. The first-order valence-electron chi connectivity index (χ1n) is 7.70. The van der Waals surface area contributed by atoms with Gasteiger partial charge in [0.05, 0.1) is 0 Å². The van der Waals surface area contributed by atoms with E-state index in [4.69, 9.17) is 12.8 Å². The molecule has 0 aromatic heterocycles. The second-order valence-corrected chi connectivity index (χ2v) is 5.55. The van der Waals surface area contributed by atoms with Crippen molar-refractivity contribution in [2.24, 2.45) is 0 Å². The molecule has 106 valence electrons. The maximum Gasteiger partial charge on any atom is 0.0321 e. The summed E-state index contributed by atoms with van der Waals surface area (Å²) in [5, 5.41) is 4.77. The van der Waals surface area contributed by atoms with Gasteiger partial charge >= 0.3 is 0 Å². The number of terminal acetylenes is 2. The van der Waals surface area contributed by atoms with E-state index in [2.05, 4.69) is 37.0 Å². The number of rotatable bonds is 3. The molecule has 0 heteroatoms. The number of benzene rings is 3. The Kier molecular flexibility index (Phi) is 3.86. The topological polar surface area (TPSA) is 0 Å². The monoisotopic (exact) mass is 282 g/mol. The molecule has 3 aromatic rings. The van der Waals surface area contributed by atoms with Gasteiger partial charge in [0.15, 0.2) is 0 Å². The van der Waals surface area contributed by atoms with Crippen molar-refractivity contribution in [3.8, 4) is 24.7 Å². The molecule has 0 atom stereocenters. The SMILES string of the molecule is C#Cc1cccc2c(CCCC)c3cccc(C#C)c3cc12. The Morgan fingerprint density at radius 3 is 1.82 bits per heavy atom. The Hall–Kier alpha value is -2.70. The van der Waals surface area contributed by atoms with Gasteiger partial charge in [-0.25, -0.2) is 0 Å². The van der Waals surface area contributed by atoms with Gasteiger partial charge in [0.2, 0.25) is 0 Å². The number of unbranched alkanes of at least 4 members (excludes halogenated alkanes) is 1.